The Balaban J connectivity index is 1.38. The van der Waals surface area contributed by atoms with Gasteiger partial charge in [-0.1, -0.05) is 24.3 Å². The number of nitrogens with zero attached hydrogens (tertiary/aromatic N) is 2. The van der Waals surface area contributed by atoms with E-state index in [2.05, 4.69) is 5.32 Å². The van der Waals surface area contributed by atoms with Crippen molar-refractivity contribution >= 4 is 23.4 Å². The van der Waals surface area contributed by atoms with Crippen LogP contribution in [0.15, 0.2) is 48.5 Å². The molecule has 0 radical (unpaired) electrons. The van der Waals surface area contributed by atoms with E-state index in [1.807, 2.05) is 32.0 Å². The molecule has 0 aromatic heterocycles. The molecule has 0 aliphatic carbocycles. The van der Waals surface area contributed by atoms with Gasteiger partial charge in [0.2, 0.25) is 11.8 Å². The van der Waals surface area contributed by atoms with E-state index in [9.17, 15) is 19.5 Å². The third-order valence-corrected chi connectivity index (χ3v) is 6.01. The summed E-state index contributed by atoms with van der Waals surface area (Å²) in [5.41, 5.74) is 1.14. The predicted octanol–water partition coefficient (Wildman–Crippen LogP) is 1.85. The summed E-state index contributed by atoms with van der Waals surface area (Å²) >= 11 is 0. The maximum atomic E-state index is 13.2. The summed E-state index contributed by atoms with van der Waals surface area (Å²) in [4.78, 5) is 41.5. The van der Waals surface area contributed by atoms with Crippen molar-refractivity contribution in [2.24, 2.45) is 0 Å². The zero-order valence-electron chi connectivity index (χ0n) is 18.2. The number of carbonyl (C=O) groups excluding carboxylic acids is 3. The van der Waals surface area contributed by atoms with Crippen LogP contribution in [0, 0.1) is 6.92 Å². The highest BCUT2D eigenvalue weighted by Crippen LogP contribution is 2.43. The van der Waals surface area contributed by atoms with Gasteiger partial charge in [-0.25, -0.2) is 0 Å². The maximum absolute atomic E-state index is 13.2. The topological polar surface area (TPSA) is 99.2 Å². The minimum absolute atomic E-state index is 0.0113. The van der Waals surface area contributed by atoms with E-state index in [1.54, 1.807) is 35.2 Å². The van der Waals surface area contributed by atoms with Crippen LogP contribution in [0.5, 0.6) is 5.75 Å². The second-order valence-corrected chi connectivity index (χ2v) is 8.44. The molecular formula is C24H27N3O5. The number of aliphatic hydroxyl groups is 1. The van der Waals surface area contributed by atoms with Crippen LogP contribution >= 0.6 is 0 Å². The summed E-state index contributed by atoms with van der Waals surface area (Å²) in [6.07, 6.45) is -0.144. The molecule has 2 aliphatic rings. The van der Waals surface area contributed by atoms with E-state index >= 15 is 0 Å². The molecule has 2 atom stereocenters. The van der Waals surface area contributed by atoms with Gasteiger partial charge in [-0.2, -0.15) is 0 Å². The largest absolute Gasteiger partial charge is 0.491 e. The maximum Gasteiger partial charge on any atom is 0.258 e. The van der Waals surface area contributed by atoms with Gasteiger partial charge in [-0.3, -0.25) is 19.3 Å². The zero-order valence-corrected chi connectivity index (χ0v) is 18.2. The Morgan fingerprint density at radius 2 is 2.00 bits per heavy atom. The molecule has 1 fully saturated rings. The number of carbonyl (C=O) groups is 3. The number of nitrogens with one attached hydrogen (secondary N) is 1. The van der Waals surface area contributed by atoms with E-state index in [0.717, 1.165) is 5.56 Å². The fraction of sp³-hybridized carbons (Fsp3) is 0.375. The van der Waals surface area contributed by atoms with Crippen molar-refractivity contribution in [2.45, 2.75) is 38.5 Å². The summed E-state index contributed by atoms with van der Waals surface area (Å²) < 4.78 is 5.56. The normalized spacial score (nSPS) is 20.6. The average molecular weight is 437 g/mol. The Bertz CT molecular complexity index is 1060. The van der Waals surface area contributed by atoms with Crippen molar-refractivity contribution in [1.29, 1.82) is 0 Å². The lowest BCUT2D eigenvalue weighted by Gasteiger charge is -2.48. The average Bonchev–Trinajstić information content (AvgIpc) is 3.09. The number of amides is 3. The molecule has 3 amide bonds. The van der Waals surface area contributed by atoms with E-state index in [1.165, 1.54) is 4.90 Å². The third kappa shape index (κ3) is 4.05. The second-order valence-electron chi connectivity index (χ2n) is 8.44. The first-order valence-electron chi connectivity index (χ1n) is 10.7. The molecule has 8 heteroatoms. The highest BCUT2D eigenvalue weighted by molar-refractivity contribution is 6.11. The van der Waals surface area contributed by atoms with Gasteiger partial charge in [0, 0.05) is 13.0 Å². The molecule has 0 saturated carbocycles. The zero-order chi connectivity index (χ0) is 22.9. The van der Waals surface area contributed by atoms with E-state index in [-0.39, 0.29) is 31.5 Å². The Hall–Kier alpha value is -3.39. The molecule has 2 aromatic rings. The van der Waals surface area contributed by atoms with Gasteiger partial charge in [-0.05, 0) is 50.1 Å². The number of para-hydroxylation sites is 1. The van der Waals surface area contributed by atoms with Crippen LogP contribution in [-0.4, -0.2) is 59.2 Å². The summed E-state index contributed by atoms with van der Waals surface area (Å²) in [6.45, 7) is 3.56. The molecule has 168 valence electrons. The SMILES string of the molecule is Cc1cccc(OCC(O)CNC(=O)CN2C(=O)c3ccccc3N3C(=O)CCC23C)c1. The van der Waals surface area contributed by atoms with Crippen LogP contribution < -0.4 is 15.0 Å². The molecule has 4 rings (SSSR count). The van der Waals surface area contributed by atoms with Crippen LogP contribution in [-0.2, 0) is 9.59 Å². The quantitative estimate of drug-likeness (QED) is 0.689. The highest BCUT2D eigenvalue weighted by Gasteiger charge is 2.53. The van der Waals surface area contributed by atoms with Gasteiger partial charge in [0.1, 0.15) is 30.7 Å². The molecule has 8 nitrogen and oxygen atoms in total. The van der Waals surface area contributed by atoms with E-state index < -0.39 is 17.7 Å². The molecule has 2 heterocycles. The molecular weight excluding hydrogens is 410 g/mol. The fourth-order valence-electron chi connectivity index (χ4n) is 4.33. The van der Waals surface area contributed by atoms with Crippen molar-refractivity contribution in [3.8, 4) is 5.75 Å². The Kier molecular flexibility index (Phi) is 5.88. The minimum atomic E-state index is -0.905. The molecule has 2 aliphatic heterocycles. The number of aryl methyl sites for hydroxylation is 1. The first-order valence-corrected chi connectivity index (χ1v) is 10.7. The number of hydrogen-bond donors (Lipinski definition) is 2. The highest BCUT2D eigenvalue weighted by atomic mass is 16.5. The minimum Gasteiger partial charge on any atom is -0.491 e. The number of benzene rings is 2. The molecule has 2 N–H and O–H groups in total. The van der Waals surface area contributed by atoms with Gasteiger partial charge in [0.15, 0.2) is 0 Å². The molecule has 2 aromatic carbocycles. The first kappa shape index (κ1) is 21.8. The van der Waals surface area contributed by atoms with Crippen LogP contribution in [0.4, 0.5) is 5.69 Å². The second kappa shape index (κ2) is 8.63. The standard InChI is InChI=1S/C24H27N3O5/c1-16-6-5-7-18(12-16)32-15-17(28)13-25-21(29)14-26-23(31)19-8-3-4-9-20(19)27-22(30)10-11-24(26,27)2/h3-9,12,17,28H,10-11,13-15H2,1-2H3,(H,25,29). The van der Waals surface area contributed by atoms with Crippen LogP contribution in [0.3, 0.4) is 0 Å². The van der Waals surface area contributed by atoms with Crippen molar-refractivity contribution < 1.29 is 24.2 Å². The van der Waals surface area contributed by atoms with Gasteiger partial charge in [0.25, 0.3) is 5.91 Å². The van der Waals surface area contributed by atoms with E-state index in [0.29, 0.717) is 29.8 Å². The Morgan fingerprint density at radius 1 is 1.22 bits per heavy atom. The fourth-order valence-corrected chi connectivity index (χ4v) is 4.33. The van der Waals surface area contributed by atoms with Crippen molar-refractivity contribution in [3.05, 3.63) is 59.7 Å². The Morgan fingerprint density at radius 3 is 2.78 bits per heavy atom. The van der Waals surface area contributed by atoms with Gasteiger partial charge in [-0.15, -0.1) is 0 Å². The molecule has 0 spiro atoms. The van der Waals surface area contributed by atoms with Crippen molar-refractivity contribution in [2.75, 3.05) is 24.6 Å². The number of hydrogen-bond acceptors (Lipinski definition) is 5. The number of rotatable bonds is 7. The summed E-state index contributed by atoms with van der Waals surface area (Å²) in [7, 11) is 0. The predicted molar refractivity (Wildman–Crippen MR) is 118 cm³/mol. The van der Waals surface area contributed by atoms with Crippen molar-refractivity contribution in [1.82, 2.24) is 10.2 Å². The summed E-state index contributed by atoms with van der Waals surface area (Å²) in [5, 5.41) is 12.8. The number of fused-ring (bicyclic) bond motifs is 3. The lowest BCUT2D eigenvalue weighted by atomic mass is 9.98. The van der Waals surface area contributed by atoms with Crippen LogP contribution in [0.1, 0.15) is 35.7 Å². The first-order chi connectivity index (χ1) is 15.3. The number of anilines is 1. The molecule has 1 saturated heterocycles. The van der Waals surface area contributed by atoms with Crippen LogP contribution in [0.2, 0.25) is 0 Å². The third-order valence-electron chi connectivity index (χ3n) is 6.01. The lowest BCUT2D eigenvalue weighted by Crippen LogP contribution is -2.64. The van der Waals surface area contributed by atoms with Crippen molar-refractivity contribution in [3.63, 3.8) is 0 Å². The van der Waals surface area contributed by atoms with Crippen LogP contribution in [0.25, 0.3) is 0 Å². The lowest BCUT2D eigenvalue weighted by molar-refractivity contribution is -0.124. The molecule has 32 heavy (non-hydrogen) atoms. The summed E-state index contributed by atoms with van der Waals surface area (Å²) in [6, 6.07) is 14.4. The monoisotopic (exact) mass is 437 g/mol. The van der Waals surface area contributed by atoms with E-state index in [4.69, 9.17) is 4.74 Å². The molecule has 2 unspecified atom stereocenters. The number of ether oxygens (including phenoxy) is 1. The van der Waals surface area contributed by atoms with Gasteiger partial charge >= 0.3 is 0 Å². The number of aliphatic hydroxyl groups excluding tert-OH is 1. The van der Waals surface area contributed by atoms with Gasteiger partial charge < -0.3 is 20.1 Å². The Labute approximate surface area is 186 Å². The van der Waals surface area contributed by atoms with Gasteiger partial charge in [0.05, 0.1) is 11.3 Å². The summed E-state index contributed by atoms with van der Waals surface area (Å²) in [5.74, 6) is -0.117. The molecule has 0 bridgehead atoms. The smallest absolute Gasteiger partial charge is 0.258 e.